The Kier molecular flexibility index (Phi) is 2.78. The Bertz CT molecular complexity index is 400. The maximum Gasteiger partial charge on any atom is 0.274 e. The summed E-state index contributed by atoms with van der Waals surface area (Å²) in [6.45, 7) is 3.05. The van der Waals surface area contributed by atoms with E-state index in [2.05, 4.69) is 10.3 Å². The molecule has 0 unspecified atom stereocenters. The lowest BCUT2D eigenvalue weighted by atomic mass is 10.0. The molecular formula is C11H14N2O3. The molecule has 16 heavy (non-hydrogen) atoms. The Morgan fingerprint density at radius 2 is 2.50 bits per heavy atom. The van der Waals surface area contributed by atoms with E-state index in [0.29, 0.717) is 13.2 Å². The zero-order chi connectivity index (χ0) is 11.6. The summed E-state index contributed by atoms with van der Waals surface area (Å²) in [6.07, 6.45) is 2.24. The predicted molar refractivity (Wildman–Crippen MR) is 57.2 cm³/mol. The SMILES string of the molecule is C[C@]1(NC(=O)c2ncccc2O)CCOC1. The van der Waals surface area contributed by atoms with Crippen LogP contribution >= 0.6 is 0 Å². The van der Waals surface area contributed by atoms with Gasteiger partial charge in [0.2, 0.25) is 0 Å². The van der Waals surface area contributed by atoms with Crippen LogP contribution in [0.1, 0.15) is 23.8 Å². The fourth-order valence-electron chi connectivity index (χ4n) is 1.67. The van der Waals surface area contributed by atoms with Crippen molar-refractivity contribution < 1.29 is 14.6 Å². The van der Waals surface area contributed by atoms with Crippen LogP contribution in [-0.2, 0) is 4.74 Å². The largest absolute Gasteiger partial charge is 0.505 e. The van der Waals surface area contributed by atoms with Gasteiger partial charge < -0.3 is 15.2 Å². The lowest BCUT2D eigenvalue weighted by Crippen LogP contribution is -2.46. The zero-order valence-corrected chi connectivity index (χ0v) is 9.06. The number of nitrogens with zero attached hydrogens (tertiary/aromatic N) is 1. The zero-order valence-electron chi connectivity index (χ0n) is 9.06. The minimum absolute atomic E-state index is 0.0515. The molecule has 2 heterocycles. The third-order valence-corrected chi connectivity index (χ3v) is 2.64. The van der Waals surface area contributed by atoms with E-state index < -0.39 is 0 Å². The van der Waals surface area contributed by atoms with Crippen LogP contribution in [0.15, 0.2) is 18.3 Å². The van der Waals surface area contributed by atoms with Gasteiger partial charge in [0.15, 0.2) is 5.69 Å². The highest BCUT2D eigenvalue weighted by Gasteiger charge is 2.32. The number of pyridine rings is 1. The van der Waals surface area contributed by atoms with Crippen LogP contribution in [0.25, 0.3) is 0 Å². The molecule has 5 heteroatoms. The smallest absolute Gasteiger partial charge is 0.274 e. The molecule has 0 aromatic carbocycles. The second-order valence-electron chi connectivity index (χ2n) is 4.19. The topological polar surface area (TPSA) is 71.5 Å². The van der Waals surface area contributed by atoms with E-state index in [0.717, 1.165) is 6.42 Å². The van der Waals surface area contributed by atoms with Gasteiger partial charge in [-0.25, -0.2) is 4.98 Å². The van der Waals surface area contributed by atoms with Gasteiger partial charge in [0, 0.05) is 12.8 Å². The number of hydrogen-bond acceptors (Lipinski definition) is 4. The van der Waals surface area contributed by atoms with Crippen molar-refractivity contribution in [3.05, 3.63) is 24.0 Å². The molecule has 1 aromatic heterocycles. The fraction of sp³-hybridized carbons (Fsp3) is 0.455. The van der Waals surface area contributed by atoms with Crippen molar-refractivity contribution in [2.45, 2.75) is 18.9 Å². The highest BCUT2D eigenvalue weighted by molar-refractivity contribution is 5.95. The van der Waals surface area contributed by atoms with E-state index >= 15 is 0 Å². The number of carbonyl (C=O) groups is 1. The van der Waals surface area contributed by atoms with Gasteiger partial charge >= 0.3 is 0 Å². The Balaban J connectivity index is 2.11. The van der Waals surface area contributed by atoms with Crippen molar-refractivity contribution in [3.8, 4) is 5.75 Å². The van der Waals surface area contributed by atoms with E-state index in [1.54, 1.807) is 6.07 Å². The molecule has 1 amide bonds. The second-order valence-corrected chi connectivity index (χ2v) is 4.19. The van der Waals surface area contributed by atoms with E-state index in [1.807, 2.05) is 6.92 Å². The summed E-state index contributed by atoms with van der Waals surface area (Å²) in [5, 5.41) is 12.3. The maximum atomic E-state index is 11.8. The van der Waals surface area contributed by atoms with Crippen LogP contribution < -0.4 is 5.32 Å². The van der Waals surface area contributed by atoms with Crippen molar-refractivity contribution in [1.29, 1.82) is 0 Å². The van der Waals surface area contributed by atoms with Gasteiger partial charge in [-0.2, -0.15) is 0 Å². The van der Waals surface area contributed by atoms with Crippen LogP contribution in [0.4, 0.5) is 0 Å². The van der Waals surface area contributed by atoms with Gasteiger partial charge in [-0.15, -0.1) is 0 Å². The Hall–Kier alpha value is -1.62. The van der Waals surface area contributed by atoms with Gasteiger partial charge in [0.25, 0.3) is 5.91 Å². The molecule has 0 spiro atoms. The summed E-state index contributed by atoms with van der Waals surface area (Å²) in [4.78, 5) is 15.7. The first-order chi connectivity index (χ1) is 7.61. The number of amides is 1. The number of aromatic nitrogens is 1. The molecule has 1 fully saturated rings. The molecule has 0 radical (unpaired) electrons. The van der Waals surface area contributed by atoms with Gasteiger partial charge in [-0.3, -0.25) is 4.79 Å². The lowest BCUT2D eigenvalue weighted by Gasteiger charge is -2.23. The standard InChI is InChI=1S/C11H14N2O3/c1-11(4-6-16-7-11)13-10(15)9-8(14)3-2-5-12-9/h2-3,5,14H,4,6-7H2,1H3,(H,13,15)/t11-/m0/s1. The van der Waals surface area contributed by atoms with Crippen molar-refractivity contribution in [2.24, 2.45) is 0 Å². The number of nitrogens with one attached hydrogen (secondary N) is 1. The predicted octanol–water partition coefficient (Wildman–Crippen LogP) is 0.696. The van der Waals surface area contributed by atoms with Crippen molar-refractivity contribution >= 4 is 5.91 Å². The third-order valence-electron chi connectivity index (χ3n) is 2.64. The molecule has 1 aliphatic heterocycles. The first-order valence-corrected chi connectivity index (χ1v) is 5.15. The van der Waals surface area contributed by atoms with E-state index in [9.17, 15) is 9.90 Å². The van der Waals surface area contributed by atoms with Crippen LogP contribution in [0.2, 0.25) is 0 Å². The molecule has 5 nitrogen and oxygen atoms in total. The number of ether oxygens (including phenoxy) is 1. The third kappa shape index (κ3) is 2.14. The lowest BCUT2D eigenvalue weighted by molar-refractivity contribution is 0.0882. The van der Waals surface area contributed by atoms with Gasteiger partial charge in [0.1, 0.15) is 5.75 Å². The first kappa shape index (κ1) is 10.9. The van der Waals surface area contributed by atoms with Crippen molar-refractivity contribution in [1.82, 2.24) is 10.3 Å². The summed E-state index contributed by atoms with van der Waals surface area (Å²) >= 11 is 0. The molecule has 0 bridgehead atoms. The van der Waals surface area contributed by atoms with E-state index in [4.69, 9.17) is 4.74 Å². The molecule has 2 N–H and O–H groups in total. The fourth-order valence-corrected chi connectivity index (χ4v) is 1.67. The average molecular weight is 222 g/mol. The number of hydrogen-bond donors (Lipinski definition) is 2. The molecule has 1 saturated heterocycles. The van der Waals surface area contributed by atoms with E-state index in [-0.39, 0.29) is 22.9 Å². The summed E-state index contributed by atoms with van der Waals surface area (Å²) in [6, 6.07) is 3.02. The Labute approximate surface area is 93.5 Å². The second kappa shape index (κ2) is 4.09. The van der Waals surface area contributed by atoms with Gasteiger partial charge in [0.05, 0.1) is 12.1 Å². The molecule has 0 saturated carbocycles. The Morgan fingerprint density at radius 1 is 1.69 bits per heavy atom. The van der Waals surface area contributed by atoms with Crippen LogP contribution in [0.3, 0.4) is 0 Å². The quantitative estimate of drug-likeness (QED) is 0.772. The molecule has 86 valence electrons. The maximum absolute atomic E-state index is 11.8. The number of carbonyl (C=O) groups excluding carboxylic acids is 1. The monoisotopic (exact) mass is 222 g/mol. The first-order valence-electron chi connectivity index (χ1n) is 5.15. The number of rotatable bonds is 2. The van der Waals surface area contributed by atoms with Crippen molar-refractivity contribution in [2.75, 3.05) is 13.2 Å². The number of aromatic hydroxyl groups is 1. The van der Waals surface area contributed by atoms with Crippen LogP contribution in [0.5, 0.6) is 5.75 Å². The molecule has 1 aliphatic rings. The van der Waals surface area contributed by atoms with Crippen LogP contribution in [-0.4, -0.2) is 34.8 Å². The van der Waals surface area contributed by atoms with E-state index in [1.165, 1.54) is 12.3 Å². The summed E-state index contributed by atoms with van der Waals surface area (Å²) < 4.78 is 5.23. The minimum atomic E-state index is -0.369. The molecular weight excluding hydrogens is 208 g/mol. The minimum Gasteiger partial charge on any atom is -0.505 e. The molecule has 1 atom stereocenters. The average Bonchev–Trinajstić information content (AvgIpc) is 2.65. The van der Waals surface area contributed by atoms with Gasteiger partial charge in [-0.05, 0) is 25.5 Å². The normalized spacial score (nSPS) is 24.3. The molecule has 0 aliphatic carbocycles. The van der Waals surface area contributed by atoms with Gasteiger partial charge in [-0.1, -0.05) is 0 Å². The highest BCUT2D eigenvalue weighted by Crippen LogP contribution is 2.19. The Morgan fingerprint density at radius 3 is 3.12 bits per heavy atom. The molecule has 1 aromatic rings. The van der Waals surface area contributed by atoms with Crippen LogP contribution in [0, 0.1) is 0 Å². The summed E-state index contributed by atoms with van der Waals surface area (Å²) in [7, 11) is 0. The molecule has 2 rings (SSSR count). The van der Waals surface area contributed by atoms with Crippen molar-refractivity contribution in [3.63, 3.8) is 0 Å². The highest BCUT2D eigenvalue weighted by atomic mass is 16.5. The summed E-state index contributed by atoms with van der Waals surface area (Å²) in [5.74, 6) is -0.478. The summed E-state index contributed by atoms with van der Waals surface area (Å²) in [5.41, 5.74) is -0.309.